The summed E-state index contributed by atoms with van der Waals surface area (Å²) in [6.07, 6.45) is 3.99. The van der Waals surface area contributed by atoms with Crippen molar-refractivity contribution in [1.29, 1.82) is 0 Å². The van der Waals surface area contributed by atoms with Crippen LogP contribution in [0, 0.1) is 0 Å². The van der Waals surface area contributed by atoms with Crippen LogP contribution < -0.4 is 0 Å². The van der Waals surface area contributed by atoms with E-state index < -0.39 is 0 Å². The van der Waals surface area contributed by atoms with Crippen LogP contribution in [-0.4, -0.2) is 15.8 Å². The van der Waals surface area contributed by atoms with Gasteiger partial charge in [0.25, 0.3) is 0 Å². The van der Waals surface area contributed by atoms with Gasteiger partial charge in [-0.3, -0.25) is 4.79 Å². The van der Waals surface area contributed by atoms with Crippen molar-refractivity contribution >= 4 is 29.5 Å². The highest BCUT2D eigenvalue weighted by atomic mass is 35.5. The van der Waals surface area contributed by atoms with E-state index in [4.69, 9.17) is 23.2 Å². The van der Waals surface area contributed by atoms with Crippen LogP contribution in [0.2, 0.25) is 10.0 Å². The number of aromatic nitrogens is 2. The number of nitrogens with zero attached hydrogens (tertiary/aromatic N) is 2. The van der Waals surface area contributed by atoms with Gasteiger partial charge in [0.1, 0.15) is 5.69 Å². The van der Waals surface area contributed by atoms with E-state index in [-0.39, 0.29) is 0 Å². The van der Waals surface area contributed by atoms with Gasteiger partial charge >= 0.3 is 0 Å². The number of halogens is 2. The van der Waals surface area contributed by atoms with E-state index in [1.165, 1.54) is 0 Å². The minimum absolute atomic E-state index is 0.417. The fourth-order valence-electron chi connectivity index (χ4n) is 1.37. The number of hydrogen-bond acceptors (Lipinski definition) is 2. The molecular formula is C11H8Cl2N2O. The Kier molecular flexibility index (Phi) is 3.27. The minimum Gasteiger partial charge on any atom is -0.332 e. The Morgan fingerprint density at radius 2 is 2.12 bits per heavy atom. The number of benzene rings is 1. The lowest BCUT2D eigenvalue weighted by Gasteiger charge is -2.03. The van der Waals surface area contributed by atoms with Crippen molar-refractivity contribution < 1.29 is 4.79 Å². The molecule has 3 nitrogen and oxygen atoms in total. The van der Waals surface area contributed by atoms with Gasteiger partial charge in [-0.05, 0) is 17.7 Å². The van der Waals surface area contributed by atoms with Crippen molar-refractivity contribution in [3.8, 4) is 0 Å². The lowest BCUT2D eigenvalue weighted by molar-refractivity contribution is 0.111. The molecule has 0 radical (unpaired) electrons. The van der Waals surface area contributed by atoms with Crippen molar-refractivity contribution in [3.05, 3.63) is 52.0 Å². The van der Waals surface area contributed by atoms with Gasteiger partial charge in [-0.15, -0.1) is 0 Å². The molecule has 16 heavy (non-hydrogen) atoms. The molecule has 2 rings (SSSR count). The third-order valence-corrected chi connectivity index (χ3v) is 2.86. The molecule has 0 spiro atoms. The predicted molar refractivity (Wildman–Crippen MR) is 63.2 cm³/mol. The summed E-state index contributed by atoms with van der Waals surface area (Å²) in [5, 5.41) is 1.06. The van der Waals surface area contributed by atoms with E-state index in [2.05, 4.69) is 4.98 Å². The second-order valence-electron chi connectivity index (χ2n) is 3.34. The first-order valence-electron chi connectivity index (χ1n) is 4.60. The molecule has 0 aliphatic carbocycles. The van der Waals surface area contributed by atoms with Crippen LogP contribution in [-0.2, 0) is 6.54 Å². The van der Waals surface area contributed by atoms with Gasteiger partial charge in [0, 0.05) is 12.7 Å². The molecule has 0 unspecified atom stereocenters. The van der Waals surface area contributed by atoms with Gasteiger partial charge in [0.15, 0.2) is 6.29 Å². The number of rotatable bonds is 3. The standard InChI is InChI=1S/C11H8Cl2N2O/c12-10-2-1-8(3-11(10)13)4-15-5-9(6-16)14-7-15/h1-3,5-7H,4H2. The van der Waals surface area contributed by atoms with Crippen LogP contribution in [0.3, 0.4) is 0 Å². The third-order valence-electron chi connectivity index (χ3n) is 2.12. The number of aldehydes is 1. The van der Waals surface area contributed by atoms with E-state index in [1.807, 2.05) is 10.6 Å². The first-order chi connectivity index (χ1) is 7.69. The molecule has 0 fully saturated rings. The molecular weight excluding hydrogens is 247 g/mol. The summed E-state index contributed by atoms with van der Waals surface area (Å²) in [4.78, 5) is 14.4. The largest absolute Gasteiger partial charge is 0.332 e. The molecule has 5 heteroatoms. The summed E-state index contributed by atoms with van der Waals surface area (Å²) in [5.74, 6) is 0. The SMILES string of the molecule is O=Cc1cn(Cc2ccc(Cl)c(Cl)c2)cn1. The maximum atomic E-state index is 10.5. The van der Waals surface area contributed by atoms with Gasteiger partial charge in [0.05, 0.1) is 16.4 Å². The summed E-state index contributed by atoms with van der Waals surface area (Å²) >= 11 is 11.7. The van der Waals surface area contributed by atoms with Crippen molar-refractivity contribution in [2.75, 3.05) is 0 Å². The topological polar surface area (TPSA) is 34.9 Å². The smallest absolute Gasteiger partial charge is 0.169 e. The number of hydrogen-bond donors (Lipinski definition) is 0. The quantitative estimate of drug-likeness (QED) is 0.790. The Hall–Kier alpha value is -1.32. The van der Waals surface area contributed by atoms with Gasteiger partial charge in [-0.2, -0.15) is 0 Å². The molecule has 0 amide bonds. The highest BCUT2D eigenvalue weighted by Gasteiger charge is 2.01. The van der Waals surface area contributed by atoms with Crippen LogP contribution in [0.1, 0.15) is 16.1 Å². The van der Waals surface area contributed by atoms with E-state index in [0.717, 1.165) is 5.56 Å². The van der Waals surface area contributed by atoms with Crippen LogP contribution >= 0.6 is 23.2 Å². The van der Waals surface area contributed by atoms with E-state index >= 15 is 0 Å². The van der Waals surface area contributed by atoms with Crippen molar-refractivity contribution in [1.82, 2.24) is 9.55 Å². The summed E-state index contributed by atoms with van der Waals surface area (Å²) in [5.41, 5.74) is 1.42. The molecule has 82 valence electrons. The van der Waals surface area contributed by atoms with Crippen molar-refractivity contribution in [2.45, 2.75) is 6.54 Å². The molecule has 2 aromatic rings. The monoisotopic (exact) mass is 254 g/mol. The molecule has 1 aromatic heterocycles. The Bertz CT molecular complexity index is 522. The minimum atomic E-state index is 0.417. The zero-order chi connectivity index (χ0) is 11.5. The summed E-state index contributed by atoms with van der Waals surface area (Å²) in [6.45, 7) is 0.609. The molecule has 0 N–H and O–H groups in total. The average Bonchev–Trinajstić information content (AvgIpc) is 2.71. The molecule has 0 saturated heterocycles. The normalized spacial score (nSPS) is 10.4. The van der Waals surface area contributed by atoms with E-state index in [1.54, 1.807) is 24.7 Å². The Balaban J connectivity index is 2.20. The molecule has 0 aliphatic heterocycles. The van der Waals surface area contributed by atoms with Crippen LogP contribution in [0.25, 0.3) is 0 Å². The Labute approximate surface area is 103 Å². The van der Waals surface area contributed by atoms with Crippen molar-refractivity contribution in [3.63, 3.8) is 0 Å². The third kappa shape index (κ3) is 2.43. The first-order valence-corrected chi connectivity index (χ1v) is 5.35. The molecule has 1 heterocycles. The fourth-order valence-corrected chi connectivity index (χ4v) is 1.69. The maximum Gasteiger partial charge on any atom is 0.169 e. The molecule has 1 aromatic carbocycles. The van der Waals surface area contributed by atoms with E-state index in [9.17, 15) is 4.79 Å². The number of carbonyl (C=O) groups excluding carboxylic acids is 1. The predicted octanol–water partition coefficient (Wildman–Crippen LogP) is 3.05. The van der Waals surface area contributed by atoms with Crippen LogP contribution in [0.15, 0.2) is 30.7 Å². The van der Waals surface area contributed by atoms with Gasteiger partial charge in [-0.25, -0.2) is 4.98 Å². The van der Waals surface area contributed by atoms with Crippen LogP contribution in [0.5, 0.6) is 0 Å². The number of imidazole rings is 1. The molecule has 0 atom stereocenters. The van der Waals surface area contributed by atoms with Gasteiger partial charge < -0.3 is 4.57 Å². The molecule has 0 saturated carbocycles. The van der Waals surface area contributed by atoms with Crippen LogP contribution in [0.4, 0.5) is 0 Å². The zero-order valence-corrected chi connectivity index (χ0v) is 9.74. The van der Waals surface area contributed by atoms with Gasteiger partial charge in [-0.1, -0.05) is 29.3 Å². The second-order valence-corrected chi connectivity index (χ2v) is 4.15. The summed E-state index contributed by atoms with van der Waals surface area (Å²) in [6, 6.07) is 5.43. The number of carbonyl (C=O) groups is 1. The Morgan fingerprint density at radius 1 is 1.31 bits per heavy atom. The molecule has 0 bridgehead atoms. The molecule has 0 aliphatic rings. The van der Waals surface area contributed by atoms with E-state index in [0.29, 0.717) is 28.6 Å². The average molecular weight is 255 g/mol. The second kappa shape index (κ2) is 4.68. The summed E-state index contributed by atoms with van der Waals surface area (Å²) in [7, 11) is 0. The highest BCUT2D eigenvalue weighted by Crippen LogP contribution is 2.22. The van der Waals surface area contributed by atoms with Gasteiger partial charge in [0.2, 0.25) is 0 Å². The lowest BCUT2D eigenvalue weighted by atomic mass is 10.2. The highest BCUT2D eigenvalue weighted by molar-refractivity contribution is 6.42. The maximum absolute atomic E-state index is 10.5. The lowest BCUT2D eigenvalue weighted by Crippen LogP contribution is -1.96. The first kappa shape index (κ1) is 11.2. The Morgan fingerprint density at radius 3 is 2.75 bits per heavy atom. The fraction of sp³-hybridized carbons (Fsp3) is 0.0909. The summed E-state index contributed by atoms with van der Waals surface area (Å²) < 4.78 is 1.81. The zero-order valence-electron chi connectivity index (χ0n) is 8.23. The van der Waals surface area contributed by atoms with Crippen molar-refractivity contribution in [2.24, 2.45) is 0 Å².